The van der Waals surface area contributed by atoms with Gasteiger partial charge in [0.2, 0.25) is 0 Å². The third-order valence-corrected chi connectivity index (χ3v) is 5.43. The van der Waals surface area contributed by atoms with Crippen molar-refractivity contribution in [2.45, 2.75) is 32.0 Å². The summed E-state index contributed by atoms with van der Waals surface area (Å²) in [7, 11) is 0. The molecule has 0 radical (unpaired) electrons. The van der Waals surface area contributed by atoms with Crippen molar-refractivity contribution in [3.63, 3.8) is 0 Å². The van der Waals surface area contributed by atoms with E-state index < -0.39 is 11.7 Å². The normalized spacial score (nSPS) is 18.2. The summed E-state index contributed by atoms with van der Waals surface area (Å²) in [5, 5.41) is 8.60. The fraction of sp³-hybridized carbons (Fsp3) is 0.286. The van der Waals surface area contributed by atoms with Crippen molar-refractivity contribution in [3.8, 4) is 5.69 Å². The first kappa shape index (κ1) is 21.9. The van der Waals surface area contributed by atoms with Crippen LogP contribution in [0.4, 0.5) is 19.0 Å². The number of nitrogens with zero attached hydrogens (tertiary/aromatic N) is 6. The summed E-state index contributed by atoms with van der Waals surface area (Å²) in [6.45, 7) is 2.33. The molecule has 32 heavy (non-hydrogen) atoms. The molecule has 7 nitrogen and oxygen atoms in total. The summed E-state index contributed by atoms with van der Waals surface area (Å²) in [6.07, 6.45) is 0.577. The van der Waals surface area contributed by atoms with Crippen LogP contribution in [0.1, 0.15) is 35.7 Å². The maximum Gasteiger partial charge on any atom is 0.417 e. The molecule has 0 bridgehead atoms. The second-order valence-corrected chi connectivity index (χ2v) is 7.70. The highest BCUT2D eigenvalue weighted by molar-refractivity contribution is 6.31. The van der Waals surface area contributed by atoms with Gasteiger partial charge in [0.1, 0.15) is 0 Å². The van der Waals surface area contributed by atoms with Crippen molar-refractivity contribution < 1.29 is 18.0 Å². The van der Waals surface area contributed by atoms with E-state index in [0.29, 0.717) is 41.4 Å². The lowest BCUT2D eigenvalue weighted by Crippen LogP contribution is -2.47. The molecule has 0 spiro atoms. The third kappa shape index (κ3) is 4.50. The van der Waals surface area contributed by atoms with E-state index >= 15 is 0 Å². The molecule has 1 aliphatic rings. The number of carbonyl (C=O) groups is 1. The molecule has 1 atom stereocenters. The molecule has 0 unspecified atom stereocenters. The Labute approximate surface area is 186 Å². The zero-order chi connectivity index (χ0) is 22.9. The summed E-state index contributed by atoms with van der Waals surface area (Å²) in [6, 6.07) is 6.68. The standard InChI is InChI=1S/C21H18ClF3N6O/c1-13-17(29-19-7-4-14(12-26-19)21(23,24)25)3-2-10-30(13)20(32)16-11-15(22)5-6-18(16)31-27-8-9-28-31/h4-9,11-13H,2-3,10H2,1H3/t13-/m0/s1. The fourth-order valence-electron chi connectivity index (χ4n) is 3.56. The summed E-state index contributed by atoms with van der Waals surface area (Å²) in [5.41, 5.74) is 0.660. The van der Waals surface area contributed by atoms with Crippen LogP contribution in [0.25, 0.3) is 5.69 Å². The molecule has 1 aliphatic heterocycles. The lowest BCUT2D eigenvalue weighted by atomic mass is 9.99. The summed E-state index contributed by atoms with van der Waals surface area (Å²) in [4.78, 5) is 24.7. The van der Waals surface area contributed by atoms with Crippen LogP contribution >= 0.6 is 11.6 Å². The number of pyridine rings is 1. The largest absolute Gasteiger partial charge is 0.417 e. The highest BCUT2D eigenvalue weighted by Gasteiger charge is 2.32. The minimum atomic E-state index is -4.46. The number of hydrogen-bond acceptors (Lipinski definition) is 5. The van der Waals surface area contributed by atoms with Crippen LogP contribution in [0.15, 0.2) is 53.9 Å². The number of hydrogen-bond donors (Lipinski definition) is 0. The summed E-state index contributed by atoms with van der Waals surface area (Å²) < 4.78 is 38.3. The molecule has 1 amide bonds. The number of benzene rings is 1. The highest BCUT2D eigenvalue weighted by Crippen LogP contribution is 2.30. The average molecular weight is 463 g/mol. The molecule has 1 saturated heterocycles. The molecular formula is C21H18ClF3N6O. The van der Waals surface area contributed by atoms with E-state index in [9.17, 15) is 18.0 Å². The van der Waals surface area contributed by atoms with Gasteiger partial charge < -0.3 is 4.90 Å². The van der Waals surface area contributed by atoms with E-state index in [0.717, 1.165) is 12.3 Å². The lowest BCUT2D eigenvalue weighted by molar-refractivity contribution is -0.137. The van der Waals surface area contributed by atoms with Gasteiger partial charge in [0, 0.05) is 23.5 Å². The zero-order valence-electron chi connectivity index (χ0n) is 16.9. The minimum absolute atomic E-state index is 0.165. The van der Waals surface area contributed by atoms with Crippen LogP contribution < -0.4 is 0 Å². The first-order valence-electron chi connectivity index (χ1n) is 9.82. The van der Waals surface area contributed by atoms with Crippen molar-refractivity contribution in [2.24, 2.45) is 4.99 Å². The van der Waals surface area contributed by atoms with Crippen LogP contribution in [0.3, 0.4) is 0 Å². The van der Waals surface area contributed by atoms with Crippen molar-refractivity contribution >= 4 is 29.0 Å². The Morgan fingerprint density at radius 3 is 2.59 bits per heavy atom. The Balaban J connectivity index is 1.61. The third-order valence-electron chi connectivity index (χ3n) is 5.20. The minimum Gasteiger partial charge on any atom is -0.331 e. The van der Waals surface area contributed by atoms with Gasteiger partial charge in [-0.1, -0.05) is 11.6 Å². The SMILES string of the molecule is C[C@H]1C(=Nc2ccc(C(F)(F)F)cn2)CCCN1C(=O)c1cc(Cl)ccc1-n1nccn1. The highest BCUT2D eigenvalue weighted by atomic mass is 35.5. The van der Waals surface area contributed by atoms with E-state index in [1.54, 1.807) is 23.1 Å². The summed E-state index contributed by atoms with van der Waals surface area (Å²) in [5.74, 6) is -0.0987. The van der Waals surface area contributed by atoms with Gasteiger partial charge in [-0.25, -0.2) is 9.98 Å². The van der Waals surface area contributed by atoms with Crippen molar-refractivity contribution in [1.29, 1.82) is 0 Å². The smallest absolute Gasteiger partial charge is 0.331 e. The topological polar surface area (TPSA) is 76.3 Å². The van der Waals surface area contributed by atoms with Gasteiger partial charge >= 0.3 is 6.18 Å². The first-order chi connectivity index (χ1) is 15.2. The van der Waals surface area contributed by atoms with Crippen LogP contribution in [0.5, 0.6) is 0 Å². The van der Waals surface area contributed by atoms with Crippen molar-refractivity contribution in [3.05, 3.63) is 65.1 Å². The Kier molecular flexibility index (Phi) is 5.96. The Bertz CT molecular complexity index is 1150. The Morgan fingerprint density at radius 2 is 1.94 bits per heavy atom. The van der Waals surface area contributed by atoms with Gasteiger partial charge in [-0.05, 0) is 50.1 Å². The molecule has 166 valence electrons. The number of likely N-dealkylation sites (tertiary alicyclic amines) is 1. The molecule has 4 rings (SSSR count). The fourth-order valence-corrected chi connectivity index (χ4v) is 3.73. The number of aliphatic imine (C=N–C) groups is 1. The number of alkyl halides is 3. The average Bonchev–Trinajstić information content (AvgIpc) is 3.29. The lowest BCUT2D eigenvalue weighted by Gasteiger charge is -2.35. The number of rotatable bonds is 3. The van der Waals surface area contributed by atoms with E-state index in [-0.39, 0.29) is 17.8 Å². The van der Waals surface area contributed by atoms with Gasteiger partial charge in [0.25, 0.3) is 5.91 Å². The predicted molar refractivity (Wildman–Crippen MR) is 112 cm³/mol. The zero-order valence-corrected chi connectivity index (χ0v) is 17.7. The van der Waals surface area contributed by atoms with E-state index in [2.05, 4.69) is 20.2 Å². The number of carbonyl (C=O) groups excluding carboxylic acids is 1. The predicted octanol–water partition coefficient (Wildman–Crippen LogP) is 4.73. The van der Waals surface area contributed by atoms with E-state index in [1.165, 1.54) is 23.3 Å². The molecular weight excluding hydrogens is 445 g/mol. The van der Waals surface area contributed by atoms with Crippen LogP contribution in [-0.4, -0.2) is 49.1 Å². The second-order valence-electron chi connectivity index (χ2n) is 7.26. The Hall–Kier alpha value is -3.27. The molecule has 3 aromatic rings. The molecule has 0 aliphatic carbocycles. The molecule has 0 saturated carbocycles. The van der Waals surface area contributed by atoms with Crippen LogP contribution in [0.2, 0.25) is 5.02 Å². The molecule has 2 aromatic heterocycles. The first-order valence-corrected chi connectivity index (χ1v) is 10.2. The number of aromatic nitrogens is 4. The van der Waals surface area contributed by atoms with Crippen molar-refractivity contribution in [1.82, 2.24) is 24.9 Å². The number of halogens is 4. The maximum absolute atomic E-state index is 13.4. The maximum atomic E-state index is 13.4. The van der Waals surface area contributed by atoms with Gasteiger partial charge in [0.05, 0.1) is 35.2 Å². The van der Waals surface area contributed by atoms with Crippen LogP contribution in [-0.2, 0) is 6.18 Å². The molecule has 1 fully saturated rings. The second kappa shape index (κ2) is 8.70. The molecule has 11 heteroatoms. The quantitative estimate of drug-likeness (QED) is 0.563. The van der Waals surface area contributed by atoms with Gasteiger partial charge in [-0.3, -0.25) is 4.79 Å². The monoisotopic (exact) mass is 462 g/mol. The van der Waals surface area contributed by atoms with E-state index in [4.69, 9.17) is 11.6 Å². The van der Waals surface area contributed by atoms with Gasteiger partial charge in [-0.2, -0.15) is 28.2 Å². The summed E-state index contributed by atoms with van der Waals surface area (Å²) >= 11 is 6.15. The number of amides is 1. The van der Waals surface area contributed by atoms with Gasteiger partial charge in [-0.15, -0.1) is 0 Å². The molecule has 0 N–H and O–H groups in total. The van der Waals surface area contributed by atoms with Crippen LogP contribution in [0, 0.1) is 0 Å². The molecule has 3 heterocycles. The van der Waals surface area contributed by atoms with Gasteiger partial charge in [0.15, 0.2) is 5.82 Å². The Morgan fingerprint density at radius 1 is 1.19 bits per heavy atom. The van der Waals surface area contributed by atoms with E-state index in [1.807, 2.05) is 6.92 Å². The molecule has 1 aromatic carbocycles. The van der Waals surface area contributed by atoms with Crippen molar-refractivity contribution in [2.75, 3.05) is 6.54 Å². The number of piperidine rings is 1.